The monoisotopic (exact) mass is 450 g/mol. The van der Waals surface area contributed by atoms with Crippen molar-refractivity contribution < 1.29 is 9.53 Å². The van der Waals surface area contributed by atoms with E-state index in [1.165, 1.54) is 10.4 Å². The highest BCUT2D eigenvalue weighted by Crippen LogP contribution is 2.41. The molecule has 166 valence electrons. The number of methoxy groups -OCH3 is 1. The van der Waals surface area contributed by atoms with E-state index in [0.29, 0.717) is 5.92 Å². The van der Waals surface area contributed by atoms with Gasteiger partial charge in [0.25, 0.3) is 0 Å². The summed E-state index contributed by atoms with van der Waals surface area (Å²) < 4.78 is 5.59. The second kappa shape index (κ2) is 8.38. The van der Waals surface area contributed by atoms with Crippen molar-refractivity contribution >= 4 is 49.9 Å². The summed E-state index contributed by atoms with van der Waals surface area (Å²) in [5, 5.41) is 15.7. The molecule has 1 atom stereocenters. The highest BCUT2D eigenvalue weighted by molar-refractivity contribution is 7.19. The molecule has 1 amide bonds. The number of fused-ring (bicyclic) bond motifs is 4. The molecule has 0 fully saturated rings. The van der Waals surface area contributed by atoms with Gasteiger partial charge in [-0.3, -0.25) is 9.89 Å². The molecule has 3 heterocycles. The first-order valence-electron chi connectivity index (χ1n) is 10.8. The molecule has 3 aromatic heterocycles. The Morgan fingerprint density at radius 3 is 3.03 bits per heavy atom. The summed E-state index contributed by atoms with van der Waals surface area (Å²) in [5.74, 6) is 2.10. The van der Waals surface area contributed by atoms with Gasteiger partial charge < -0.3 is 15.4 Å². The van der Waals surface area contributed by atoms with Crippen LogP contribution in [0.2, 0.25) is 0 Å². The number of benzene rings is 1. The van der Waals surface area contributed by atoms with Crippen LogP contribution in [0.15, 0.2) is 24.7 Å². The predicted octanol–water partition coefficient (Wildman–Crippen LogP) is 4.20. The average molecular weight is 451 g/mol. The number of aromatic amines is 1. The summed E-state index contributed by atoms with van der Waals surface area (Å²) in [6.07, 6.45) is 6.35. The predicted molar refractivity (Wildman–Crippen MR) is 127 cm³/mol. The van der Waals surface area contributed by atoms with Crippen molar-refractivity contribution in [3.8, 4) is 5.75 Å². The van der Waals surface area contributed by atoms with E-state index in [-0.39, 0.29) is 11.8 Å². The molecule has 1 aliphatic carbocycles. The van der Waals surface area contributed by atoms with Crippen molar-refractivity contribution in [3.63, 3.8) is 0 Å². The quantitative estimate of drug-likeness (QED) is 0.407. The minimum Gasteiger partial charge on any atom is -0.494 e. The molecule has 0 saturated heterocycles. The third kappa shape index (κ3) is 3.77. The van der Waals surface area contributed by atoms with Crippen LogP contribution in [0.3, 0.4) is 0 Å². The Labute approximate surface area is 189 Å². The van der Waals surface area contributed by atoms with Gasteiger partial charge in [-0.1, -0.05) is 13.8 Å². The third-order valence-electron chi connectivity index (χ3n) is 6.05. The molecule has 8 nitrogen and oxygen atoms in total. The summed E-state index contributed by atoms with van der Waals surface area (Å²) >= 11 is 1.73. The number of amides is 1. The third-order valence-corrected chi connectivity index (χ3v) is 7.21. The molecular formula is C23H26N6O2S. The van der Waals surface area contributed by atoms with Gasteiger partial charge in [0.05, 0.1) is 29.9 Å². The second-order valence-electron chi connectivity index (χ2n) is 8.55. The van der Waals surface area contributed by atoms with Crippen molar-refractivity contribution in [3.05, 3.63) is 35.1 Å². The molecule has 1 aliphatic rings. The Bertz CT molecular complexity index is 1290. The number of ether oxygens (including phenoxy) is 1. The maximum Gasteiger partial charge on any atom is 0.222 e. The normalized spacial score (nSPS) is 15.8. The fourth-order valence-corrected chi connectivity index (χ4v) is 5.56. The zero-order valence-electron chi connectivity index (χ0n) is 18.4. The van der Waals surface area contributed by atoms with Gasteiger partial charge in [-0.15, -0.1) is 11.3 Å². The van der Waals surface area contributed by atoms with E-state index in [4.69, 9.17) is 4.74 Å². The Morgan fingerprint density at radius 1 is 1.34 bits per heavy atom. The summed E-state index contributed by atoms with van der Waals surface area (Å²) in [6, 6.07) is 3.94. The SMILES string of the molecule is COc1cc2[nH]ncc2cc1Nc1ncnc2sc3c(c12)CCC(CNC(=O)C(C)C)C3. The van der Waals surface area contributed by atoms with Crippen LogP contribution in [-0.2, 0) is 17.6 Å². The standard InChI is InChI=1S/C23H26N6O2S/c1-12(2)22(30)24-9-13-4-5-15-19(6-13)32-23-20(15)21(25-11-26-23)28-17-7-14-10-27-29-16(14)8-18(17)31-3/h7-8,10-13H,4-6,9H2,1-3H3,(H,24,30)(H,27,29)(H,25,26,28). The molecule has 0 bridgehead atoms. The van der Waals surface area contributed by atoms with E-state index in [1.807, 2.05) is 26.0 Å². The number of hydrogen-bond acceptors (Lipinski definition) is 7. The topological polar surface area (TPSA) is 105 Å². The molecule has 5 rings (SSSR count). The number of anilines is 2. The number of carbonyl (C=O) groups excluding carboxylic acids is 1. The van der Waals surface area contributed by atoms with Crippen LogP contribution in [0.1, 0.15) is 30.7 Å². The number of nitrogens with one attached hydrogen (secondary N) is 3. The molecule has 0 saturated carbocycles. The fraction of sp³-hybridized carbons (Fsp3) is 0.391. The van der Waals surface area contributed by atoms with E-state index in [0.717, 1.165) is 64.2 Å². The molecule has 4 aromatic rings. The van der Waals surface area contributed by atoms with Crippen molar-refractivity contribution in [1.82, 2.24) is 25.5 Å². The van der Waals surface area contributed by atoms with Crippen LogP contribution in [0.5, 0.6) is 5.75 Å². The van der Waals surface area contributed by atoms with Gasteiger partial charge in [0.15, 0.2) is 0 Å². The smallest absolute Gasteiger partial charge is 0.222 e. The maximum absolute atomic E-state index is 12.0. The number of carbonyl (C=O) groups is 1. The zero-order valence-corrected chi connectivity index (χ0v) is 19.2. The van der Waals surface area contributed by atoms with Gasteiger partial charge in [0, 0.05) is 28.8 Å². The highest BCUT2D eigenvalue weighted by Gasteiger charge is 2.26. The van der Waals surface area contributed by atoms with Gasteiger partial charge in [-0.05, 0) is 36.8 Å². The number of aromatic nitrogens is 4. The molecule has 0 aliphatic heterocycles. The molecule has 1 unspecified atom stereocenters. The Hall–Kier alpha value is -3.20. The van der Waals surface area contributed by atoms with Gasteiger partial charge >= 0.3 is 0 Å². The van der Waals surface area contributed by atoms with Gasteiger partial charge in [0.1, 0.15) is 22.7 Å². The van der Waals surface area contributed by atoms with Crippen LogP contribution in [0.4, 0.5) is 11.5 Å². The minimum absolute atomic E-state index is 0.0145. The highest BCUT2D eigenvalue weighted by atomic mass is 32.1. The largest absolute Gasteiger partial charge is 0.494 e. The summed E-state index contributed by atoms with van der Waals surface area (Å²) in [4.78, 5) is 23.4. The lowest BCUT2D eigenvalue weighted by atomic mass is 9.87. The Morgan fingerprint density at radius 2 is 2.22 bits per heavy atom. The van der Waals surface area contributed by atoms with Crippen molar-refractivity contribution in [2.24, 2.45) is 11.8 Å². The number of rotatable bonds is 6. The van der Waals surface area contributed by atoms with Crippen LogP contribution in [0, 0.1) is 11.8 Å². The van der Waals surface area contributed by atoms with E-state index in [1.54, 1.807) is 31.0 Å². The van der Waals surface area contributed by atoms with E-state index >= 15 is 0 Å². The summed E-state index contributed by atoms with van der Waals surface area (Å²) in [7, 11) is 1.66. The fourth-order valence-electron chi connectivity index (χ4n) is 4.26. The first-order chi connectivity index (χ1) is 15.5. The van der Waals surface area contributed by atoms with Crippen LogP contribution in [0.25, 0.3) is 21.1 Å². The van der Waals surface area contributed by atoms with Crippen LogP contribution < -0.4 is 15.4 Å². The molecule has 3 N–H and O–H groups in total. The number of nitrogens with zero attached hydrogens (tertiary/aromatic N) is 3. The van der Waals surface area contributed by atoms with Gasteiger partial charge in [-0.2, -0.15) is 5.10 Å². The first-order valence-corrected chi connectivity index (χ1v) is 11.7. The van der Waals surface area contributed by atoms with E-state index in [2.05, 4.69) is 30.8 Å². The average Bonchev–Trinajstić information content (AvgIpc) is 3.40. The Balaban J connectivity index is 1.44. The molecule has 0 radical (unpaired) electrons. The van der Waals surface area contributed by atoms with Crippen LogP contribution in [-0.4, -0.2) is 39.7 Å². The minimum atomic E-state index is 0.0145. The van der Waals surface area contributed by atoms with E-state index < -0.39 is 0 Å². The van der Waals surface area contributed by atoms with Crippen molar-refractivity contribution in [2.45, 2.75) is 33.1 Å². The van der Waals surface area contributed by atoms with Gasteiger partial charge in [0.2, 0.25) is 5.91 Å². The maximum atomic E-state index is 12.0. The van der Waals surface area contributed by atoms with Gasteiger partial charge in [-0.25, -0.2) is 9.97 Å². The molecular weight excluding hydrogens is 424 g/mol. The number of aryl methyl sites for hydroxylation is 1. The molecule has 0 spiro atoms. The van der Waals surface area contributed by atoms with Crippen molar-refractivity contribution in [2.75, 3.05) is 19.0 Å². The van der Waals surface area contributed by atoms with Crippen LogP contribution >= 0.6 is 11.3 Å². The zero-order chi connectivity index (χ0) is 22.2. The number of thiophene rings is 1. The lowest BCUT2D eigenvalue weighted by molar-refractivity contribution is -0.124. The lowest BCUT2D eigenvalue weighted by Gasteiger charge is -2.23. The molecule has 32 heavy (non-hydrogen) atoms. The van der Waals surface area contributed by atoms with Crippen molar-refractivity contribution in [1.29, 1.82) is 0 Å². The first kappa shape index (κ1) is 20.7. The van der Waals surface area contributed by atoms with E-state index in [9.17, 15) is 4.79 Å². The second-order valence-corrected chi connectivity index (χ2v) is 9.63. The molecule has 1 aromatic carbocycles. The number of H-pyrrole nitrogens is 1. The number of hydrogen-bond donors (Lipinski definition) is 3. The summed E-state index contributed by atoms with van der Waals surface area (Å²) in [6.45, 7) is 4.57. The lowest BCUT2D eigenvalue weighted by Crippen LogP contribution is -2.34. The summed E-state index contributed by atoms with van der Waals surface area (Å²) in [5.41, 5.74) is 3.08. The molecule has 9 heteroatoms. The Kier molecular flexibility index (Phi) is 5.42.